The van der Waals surface area contributed by atoms with Crippen LogP contribution in [-0.4, -0.2) is 20.1 Å². The van der Waals surface area contributed by atoms with Crippen LogP contribution in [0.1, 0.15) is 11.1 Å². The van der Waals surface area contributed by atoms with Crippen LogP contribution in [0.2, 0.25) is 0 Å². The van der Waals surface area contributed by atoms with Gasteiger partial charge in [0.25, 0.3) is 0 Å². The summed E-state index contributed by atoms with van der Waals surface area (Å²) in [5.41, 5.74) is 3.56. The van der Waals surface area contributed by atoms with Gasteiger partial charge in [0, 0.05) is 11.1 Å². The van der Waals surface area contributed by atoms with Gasteiger partial charge < -0.3 is 5.11 Å². The topological polar surface area (TPSA) is 82.7 Å². The molecule has 3 aromatic carbocycles. The van der Waals surface area contributed by atoms with Crippen molar-refractivity contribution in [2.24, 2.45) is 0 Å². The Morgan fingerprint density at radius 1 is 0.750 bits per heavy atom. The van der Waals surface area contributed by atoms with E-state index in [1.165, 1.54) is 0 Å². The van der Waals surface area contributed by atoms with Gasteiger partial charge in [-0.2, -0.15) is 5.26 Å². The van der Waals surface area contributed by atoms with Gasteiger partial charge in [-0.05, 0) is 36.8 Å². The predicted molar refractivity (Wildman–Crippen MR) is 107 cm³/mol. The lowest BCUT2D eigenvalue weighted by Crippen LogP contribution is -2.00. The van der Waals surface area contributed by atoms with Crippen molar-refractivity contribution in [3.63, 3.8) is 0 Å². The van der Waals surface area contributed by atoms with E-state index in [1.54, 1.807) is 30.3 Å². The SMILES string of the molecule is Cc1ccc(-c2nc(-c3ccccc3)nc(-c3cccc(C#N)c3)n2)c(O)c1. The Labute approximate surface area is 162 Å². The average molecular weight is 364 g/mol. The Morgan fingerprint density at radius 3 is 2.14 bits per heavy atom. The largest absolute Gasteiger partial charge is 0.507 e. The molecule has 5 heteroatoms. The van der Waals surface area contributed by atoms with Crippen molar-refractivity contribution in [2.75, 3.05) is 0 Å². The Bertz CT molecular complexity index is 1200. The van der Waals surface area contributed by atoms with Crippen molar-refractivity contribution in [1.29, 1.82) is 5.26 Å². The summed E-state index contributed by atoms with van der Waals surface area (Å²) in [5.74, 6) is 1.44. The summed E-state index contributed by atoms with van der Waals surface area (Å²) in [6, 6.07) is 24.2. The van der Waals surface area contributed by atoms with Gasteiger partial charge >= 0.3 is 0 Å². The second-order valence-electron chi connectivity index (χ2n) is 6.39. The van der Waals surface area contributed by atoms with Crippen LogP contribution in [-0.2, 0) is 0 Å². The maximum absolute atomic E-state index is 10.4. The molecule has 0 aliphatic rings. The van der Waals surface area contributed by atoms with Crippen LogP contribution in [0.15, 0.2) is 72.8 Å². The molecule has 0 saturated carbocycles. The number of aromatic nitrogens is 3. The molecule has 1 heterocycles. The van der Waals surface area contributed by atoms with Crippen molar-refractivity contribution < 1.29 is 5.11 Å². The molecule has 0 atom stereocenters. The van der Waals surface area contributed by atoms with E-state index in [2.05, 4.69) is 21.0 Å². The summed E-state index contributed by atoms with van der Waals surface area (Å²) in [6.07, 6.45) is 0. The van der Waals surface area contributed by atoms with Crippen LogP contribution in [0, 0.1) is 18.3 Å². The average Bonchev–Trinajstić information content (AvgIpc) is 2.74. The lowest BCUT2D eigenvalue weighted by molar-refractivity contribution is 0.476. The van der Waals surface area contributed by atoms with Crippen molar-refractivity contribution >= 4 is 0 Å². The van der Waals surface area contributed by atoms with E-state index in [1.807, 2.05) is 49.4 Å². The molecule has 0 bridgehead atoms. The quantitative estimate of drug-likeness (QED) is 0.567. The number of hydrogen-bond acceptors (Lipinski definition) is 5. The fourth-order valence-corrected chi connectivity index (χ4v) is 2.90. The molecule has 28 heavy (non-hydrogen) atoms. The zero-order valence-corrected chi connectivity index (χ0v) is 15.2. The summed E-state index contributed by atoms with van der Waals surface area (Å²) in [5, 5.41) is 19.6. The highest BCUT2D eigenvalue weighted by molar-refractivity contribution is 5.70. The van der Waals surface area contributed by atoms with E-state index in [-0.39, 0.29) is 5.75 Å². The van der Waals surface area contributed by atoms with Gasteiger partial charge in [0.2, 0.25) is 0 Å². The standard InChI is InChI=1S/C23H16N4O/c1-15-10-11-19(20(28)12-15)23-26-21(17-7-3-2-4-8-17)25-22(27-23)18-9-5-6-16(13-18)14-24/h2-13,28H,1H3. The second-order valence-corrected chi connectivity index (χ2v) is 6.39. The molecular weight excluding hydrogens is 348 g/mol. The summed E-state index contributed by atoms with van der Waals surface area (Å²) in [4.78, 5) is 13.8. The number of benzene rings is 3. The molecule has 0 aliphatic carbocycles. The minimum Gasteiger partial charge on any atom is -0.507 e. The van der Waals surface area contributed by atoms with E-state index in [4.69, 9.17) is 0 Å². The number of aryl methyl sites for hydroxylation is 1. The third kappa shape index (κ3) is 3.44. The maximum Gasteiger partial charge on any atom is 0.167 e. The number of nitriles is 1. The highest BCUT2D eigenvalue weighted by atomic mass is 16.3. The highest BCUT2D eigenvalue weighted by Gasteiger charge is 2.14. The smallest absolute Gasteiger partial charge is 0.167 e. The second kappa shape index (κ2) is 7.29. The molecule has 0 aliphatic heterocycles. The summed E-state index contributed by atoms with van der Waals surface area (Å²) >= 11 is 0. The molecule has 0 unspecified atom stereocenters. The lowest BCUT2D eigenvalue weighted by atomic mass is 10.1. The van der Waals surface area contributed by atoms with Gasteiger partial charge in [0.15, 0.2) is 17.5 Å². The monoisotopic (exact) mass is 364 g/mol. The Hall–Kier alpha value is -4.04. The van der Waals surface area contributed by atoms with Crippen LogP contribution >= 0.6 is 0 Å². The summed E-state index contributed by atoms with van der Waals surface area (Å²) < 4.78 is 0. The molecule has 4 rings (SSSR count). The van der Waals surface area contributed by atoms with Gasteiger partial charge in [-0.25, -0.2) is 15.0 Å². The molecule has 0 radical (unpaired) electrons. The zero-order chi connectivity index (χ0) is 19.5. The molecule has 1 N–H and O–H groups in total. The molecule has 0 spiro atoms. The van der Waals surface area contributed by atoms with Gasteiger partial charge in [0.05, 0.1) is 17.2 Å². The van der Waals surface area contributed by atoms with E-state index >= 15 is 0 Å². The third-order valence-corrected chi connectivity index (χ3v) is 4.31. The molecule has 0 fully saturated rings. The number of phenolic OH excluding ortho intramolecular Hbond substituents is 1. The molecule has 5 nitrogen and oxygen atoms in total. The van der Waals surface area contributed by atoms with Gasteiger partial charge in [0.1, 0.15) is 5.75 Å². The first-order valence-corrected chi connectivity index (χ1v) is 8.76. The number of nitrogens with zero attached hydrogens (tertiary/aromatic N) is 4. The van der Waals surface area contributed by atoms with Crippen molar-refractivity contribution in [2.45, 2.75) is 6.92 Å². The van der Waals surface area contributed by atoms with Crippen LogP contribution < -0.4 is 0 Å². The van der Waals surface area contributed by atoms with E-state index < -0.39 is 0 Å². The molecule has 0 saturated heterocycles. The van der Waals surface area contributed by atoms with Crippen LogP contribution in [0.4, 0.5) is 0 Å². The van der Waals surface area contributed by atoms with Crippen LogP contribution in [0.5, 0.6) is 5.75 Å². The van der Waals surface area contributed by atoms with Crippen molar-refractivity contribution in [3.8, 4) is 46.0 Å². The minimum absolute atomic E-state index is 0.113. The number of hydrogen-bond donors (Lipinski definition) is 1. The minimum atomic E-state index is 0.113. The fourth-order valence-electron chi connectivity index (χ4n) is 2.90. The van der Waals surface area contributed by atoms with Crippen molar-refractivity contribution in [1.82, 2.24) is 15.0 Å². The van der Waals surface area contributed by atoms with Gasteiger partial charge in [-0.1, -0.05) is 48.5 Å². The lowest BCUT2D eigenvalue weighted by Gasteiger charge is -2.10. The van der Waals surface area contributed by atoms with Crippen LogP contribution in [0.3, 0.4) is 0 Å². The van der Waals surface area contributed by atoms with Crippen LogP contribution in [0.25, 0.3) is 34.2 Å². The van der Waals surface area contributed by atoms with E-state index in [9.17, 15) is 10.4 Å². The highest BCUT2D eigenvalue weighted by Crippen LogP contribution is 2.30. The fraction of sp³-hybridized carbons (Fsp3) is 0.0435. The number of phenols is 1. The first-order valence-electron chi connectivity index (χ1n) is 8.76. The third-order valence-electron chi connectivity index (χ3n) is 4.31. The Balaban J connectivity index is 1.94. The van der Waals surface area contributed by atoms with E-state index in [0.717, 1.165) is 11.1 Å². The van der Waals surface area contributed by atoms with Crippen molar-refractivity contribution in [3.05, 3.63) is 83.9 Å². The zero-order valence-electron chi connectivity index (χ0n) is 15.2. The first-order chi connectivity index (χ1) is 13.6. The molecular formula is C23H16N4O. The first kappa shape index (κ1) is 17.4. The molecule has 134 valence electrons. The Kier molecular flexibility index (Phi) is 4.53. The van der Waals surface area contributed by atoms with E-state index in [0.29, 0.717) is 34.2 Å². The normalized spacial score (nSPS) is 10.4. The van der Waals surface area contributed by atoms with Gasteiger partial charge in [-0.3, -0.25) is 0 Å². The number of rotatable bonds is 3. The van der Waals surface area contributed by atoms with Gasteiger partial charge in [-0.15, -0.1) is 0 Å². The molecule has 4 aromatic rings. The predicted octanol–water partition coefficient (Wildman–Crippen LogP) is 4.76. The summed E-state index contributed by atoms with van der Waals surface area (Å²) in [6.45, 7) is 1.91. The molecule has 0 amide bonds. The molecule has 1 aromatic heterocycles. The summed E-state index contributed by atoms with van der Waals surface area (Å²) in [7, 11) is 0. The maximum atomic E-state index is 10.4. The Morgan fingerprint density at radius 2 is 1.43 bits per heavy atom. The number of aromatic hydroxyl groups is 1.